The van der Waals surface area contributed by atoms with Crippen LogP contribution in [0.2, 0.25) is 0 Å². The van der Waals surface area contributed by atoms with Gasteiger partial charge in [-0.25, -0.2) is 0 Å². The summed E-state index contributed by atoms with van der Waals surface area (Å²) in [4.78, 5) is 11.3. The van der Waals surface area contributed by atoms with Crippen LogP contribution in [0.4, 0.5) is 0 Å². The van der Waals surface area contributed by atoms with Crippen LogP contribution < -0.4 is 5.73 Å². The number of methoxy groups -OCH3 is 1. The van der Waals surface area contributed by atoms with E-state index in [0.717, 1.165) is 5.56 Å². The van der Waals surface area contributed by atoms with E-state index in [2.05, 4.69) is 4.74 Å². The highest BCUT2D eigenvalue weighted by molar-refractivity contribution is 5.75. The second-order valence-electron chi connectivity index (χ2n) is 2.72. The van der Waals surface area contributed by atoms with Crippen LogP contribution in [0, 0.1) is 0 Å². The average Bonchev–Trinajstić information content (AvgIpc) is 2.16. The van der Waals surface area contributed by atoms with E-state index in [0.29, 0.717) is 0 Å². The molecule has 0 unspecified atom stereocenters. The fourth-order valence-corrected chi connectivity index (χ4v) is 1.03. The molecule has 1 rings (SSSR count). The van der Waals surface area contributed by atoms with Crippen LogP contribution in [0.3, 0.4) is 0 Å². The van der Waals surface area contributed by atoms with Gasteiger partial charge in [0.1, 0.15) is 6.04 Å². The van der Waals surface area contributed by atoms with E-state index in [1.54, 1.807) is 0 Å². The smallest absolute Gasteiger partial charge is 0.322 e. The van der Waals surface area contributed by atoms with Gasteiger partial charge in [-0.3, -0.25) is 4.79 Å². The van der Waals surface area contributed by atoms with E-state index in [1.807, 2.05) is 30.3 Å². The molecular weight excluding hydrogens is 166 g/mol. The van der Waals surface area contributed by atoms with Crippen molar-refractivity contribution in [3.05, 3.63) is 35.9 Å². The zero-order valence-electron chi connectivity index (χ0n) is 10.1. The molecule has 13 heavy (non-hydrogen) atoms. The van der Waals surface area contributed by atoms with E-state index in [9.17, 15) is 4.79 Å². The van der Waals surface area contributed by atoms with Crippen LogP contribution in [-0.2, 0) is 16.0 Å². The van der Waals surface area contributed by atoms with Gasteiger partial charge in [0.2, 0.25) is 0 Å². The number of esters is 1. The summed E-state index contributed by atoms with van der Waals surface area (Å²) in [5.74, 6) is -0.913. The maximum Gasteiger partial charge on any atom is 0.322 e. The van der Waals surface area contributed by atoms with Crippen molar-refractivity contribution in [1.29, 1.82) is 0 Å². The molecule has 0 aliphatic rings. The summed E-state index contributed by atoms with van der Waals surface area (Å²) < 4.78 is 24.5. The normalized spacial score (nSPS) is 16.5. The first-order valence-electron chi connectivity index (χ1n) is 5.41. The first-order valence-corrected chi connectivity index (χ1v) is 3.91. The number of ether oxygens (including phenoxy) is 1. The second-order valence-corrected chi connectivity index (χ2v) is 2.72. The van der Waals surface area contributed by atoms with Crippen molar-refractivity contribution < 1.29 is 13.6 Å². The maximum absolute atomic E-state index is 11.3. The summed E-state index contributed by atoms with van der Waals surface area (Å²) in [6.45, 7) is 0. The Hall–Kier alpha value is -1.35. The SMILES string of the molecule is [2H]C([2H])([2H])OC(=O)[C@@H](N)Cc1ccccc1. The van der Waals surface area contributed by atoms with Crippen molar-refractivity contribution in [1.82, 2.24) is 0 Å². The van der Waals surface area contributed by atoms with Gasteiger partial charge in [0, 0.05) is 0 Å². The van der Waals surface area contributed by atoms with Crippen LogP contribution in [0.25, 0.3) is 0 Å². The summed E-state index contributed by atoms with van der Waals surface area (Å²) in [6.07, 6.45) is 0.260. The highest BCUT2D eigenvalue weighted by Crippen LogP contribution is 2.02. The Balaban J connectivity index is 2.53. The molecule has 0 saturated heterocycles. The predicted octanol–water partition coefficient (Wildman–Crippen LogP) is 0.729. The molecule has 0 heterocycles. The summed E-state index contributed by atoms with van der Waals surface area (Å²) >= 11 is 0. The van der Waals surface area contributed by atoms with Gasteiger partial charge < -0.3 is 10.5 Å². The molecule has 0 bridgehead atoms. The molecule has 0 amide bonds. The predicted molar refractivity (Wildman–Crippen MR) is 50.1 cm³/mol. The van der Waals surface area contributed by atoms with Gasteiger partial charge in [-0.15, -0.1) is 0 Å². The Kier molecular flexibility index (Phi) is 2.19. The molecule has 0 aromatic heterocycles. The third-order valence-electron chi connectivity index (χ3n) is 1.70. The number of benzene rings is 1. The Bertz CT molecular complexity index is 351. The summed E-state index contributed by atoms with van der Waals surface area (Å²) in [7, 11) is -2.73. The third kappa shape index (κ3) is 2.87. The minimum Gasteiger partial charge on any atom is -0.468 e. The number of rotatable bonds is 3. The molecule has 0 aliphatic carbocycles. The minimum absolute atomic E-state index is 0.260. The quantitative estimate of drug-likeness (QED) is 0.701. The lowest BCUT2D eigenvalue weighted by atomic mass is 10.1. The molecule has 1 aromatic rings. The lowest BCUT2D eigenvalue weighted by Crippen LogP contribution is -2.33. The first kappa shape index (κ1) is 6.16. The molecular formula is C10H13NO2. The average molecular weight is 182 g/mol. The molecule has 1 atom stereocenters. The van der Waals surface area contributed by atoms with Gasteiger partial charge in [0.05, 0.1) is 11.2 Å². The molecule has 0 fully saturated rings. The van der Waals surface area contributed by atoms with Gasteiger partial charge in [0.15, 0.2) is 0 Å². The number of carbonyl (C=O) groups is 1. The second kappa shape index (κ2) is 4.62. The molecule has 2 N–H and O–H groups in total. The molecule has 3 nitrogen and oxygen atoms in total. The van der Waals surface area contributed by atoms with E-state index in [1.165, 1.54) is 0 Å². The Morgan fingerprint density at radius 3 is 2.92 bits per heavy atom. The summed E-state index contributed by atoms with van der Waals surface area (Å²) in [5.41, 5.74) is 6.39. The van der Waals surface area contributed by atoms with E-state index in [-0.39, 0.29) is 6.42 Å². The summed E-state index contributed by atoms with van der Waals surface area (Å²) in [6, 6.07) is 8.14. The van der Waals surface area contributed by atoms with Crippen LogP contribution in [0.5, 0.6) is 0 Å². The van der Waals surface area contributed by atoms with Crippen molar-refractivity contribution in [2.24, 2.45) is 5.73 Å². The van der Waals surface area contributed by atoms with Gasteiger partial charge in [-0.2, -0.15) is 0 Å². The Labute approximate surface area is 81.7 Å². The minimum atomic E-state index is -2.73. The van der Waals surface area contributed by atoms with Crippen molar-refractivity contribution >= 4 is 5.97 Å². The van der Waals surface area contributed by atoms with Crippen molar-refractivity contribution in [3.8, 4) is 0 Å². The van der Waals surface area contributed by atoms with Crippen molar-refractivity contribution in [2.45, 2.75) is 12.5 Å². The molecule has 0 spiro atoms. The monoisotopic (exact) mass is 182 g/mol. The van der Waals surface area contributed by atoms with Crippen LogP contribution in [0.15, 0.2) is 30.3 Å². The molecule has 0 aliphatic heterocycles. The Morgan fingerprint density at radius 1 is 1.62 bits per heavy atom. The van der Waals surface area contributed by atoms with Crippen molar-refractivity contribution in [2.75, 3.05) is 7.04 Å². The van der Waals surface area contributed by atoms with Gasteiger partial charge in [-0.05, 0) is 12.0 Å². The Morgan fingerprint density at radius 2 is 2.31 bits per heavy atom. The maximum atomic E-state index is 11.3. The highest BCUT2D eigenvalue weighted by atomic mass is 16.5. The molecule has 1 aromatic carbocycles. The first-order chi connectivity index (χ1) is 7.38. The zero-order valence-corrected chi connectivity index (χ0v) is 7.07. The molecule has 0 radical (unpaired) electrons. The van der Waals surface area contributed by atoms with Crippen LogP contribution >= 0.6 is 0 Å². The van der Waals surface area contributed by atoms with Crippen LogP contribution in [0.1, 0.15) is 9.68 Å². The lowest BCUT2D eigenvalue weighted by Gasteiger charge is -2.08. The number of nitrogens with two attached hydrogens (primary N) is 1. The fraction of sp³-hybridized carbons (Fsp3) is 0.300. The number of hydrogen-bond donors (Lipinski definition) is 1. The van der Waals surface area contributed by atoms with Gasteiger partial charge in [-0.1, -0.05) is 30.3 Å². The summed E-state index contributed by atoms with van der Waals surface area (Å²) in [5, 5.41) is 0. The highest BCUT2D eigenvalue weighted by Gasteiger charge is 2.13. The fourth-order valence-electron chi connectivity index (χ4n) is 1.03. The van der Waals surface area contributed by atoms with E-state index in [4.69, 9.17) is 9.85 Å². The third-order valence-corrected chi connectivity index (χ3v) is 1.70. The van der Waals surface area contributed by atoms with Gasteiger partial charge >= 0.3 is 5.97 Å². The largest absolute Gasteiger partial charge is 0.468 e. The number of hydrogen-bond acceptors (Lipinski definition) is 3. The van der Waals surface area contributed by atoms with E-state index < -0.39 is 19.0 Å². The standard InChI is InChI=1S/C10H13NO2/c1-13-10(12)9(11)7-8-5-3-2-4-6-8/h2-6,9H,7,11H2,1H3/t9-/m0/s1/i1D3. The van der Waals surface area contributed by atoms with E-state index >= 15 is 0 Å². The molecule has 0 saturated carbocycles. The topological polar surface area (TPSA) is 52.3 Å². The van der Waals surface area contributed by atoms with Crippen LogP contribution in [-0.4, -0.2) is 19.0 Å². The zero-order chi connectivity index (χ0) is 12.2. The lowest BCUT2D eigenvalue weighted by molar-refractivity contribution is -0.142. The number of carbonyl (C=O) groups excluding carboxylic acids is 1. The molecule has 3 heteroatoms. The molecule has 70 valence electrons. The van der Waals surface area contributed by atoms with Crippen molar-refractivity contribution in [3.63, 3.8) is 0 Å². The van der Waals surface area contributed by atoms with Gasteiger partial charge in [0.25, 0.3) is 0 Å².